The second kappa shape index (κ2) is 13.7. The zero-order valence-corrected chi connectivity index (χ0v) is 20.1. The van der Waals surface area contributed by atoms with Crippen molar-refractivity contribution in [3.63, 3.8) is 0 Å². The maximum absolute atomic E-state index is 12.3. The van der Waals surface area contributed by atoms with E-state index in [0.717, 1.165) is 25.7 Å². The third kappa shape index (κ3) is 9.25. The van der Waals surface area contributed by atoms with E-state index in [4.69, 9.17) is 20.6 Å². The van der Waals surface area contributed by atoms with Crippen LogP contribution in [0, 0.1) is 5.41 Å². The van der Waals surface area contributed by atoms with Crippen LogP contribution in [0.3, 0.4) is 0 Å². The number of nitrogens with two attached hydrogens (primary N) is 1. The first-order valence-corrected chi connectivity index (χ1v) is 12.1. The topological polar surface area (TPSA) is 144 Å². The molecule has 2 aromatic rings. The van der Waals surface area contributed by atoms with Gasteiger partial charge in [0.2, 0.25) is 0 Å². The lowest BCUT2D eigenvalue weighted by Crippen LogP contribution is -2.37. The number of nitrogens with one attached hydrogen (secondary N) is 3. The second-order valence-corrected chi connectivity index (χ2v) is 8.63. The predicted molar refractivity (Wildman–Crippen MR) is 138 cm³/mol. The summed E-state index contributed by atoms with van der Waals surface area (Å²) in [6, 6.07) is 13.1. The second-order valence-electron chi connectivity index (χ2n) is 8.63. The standard InChI is InChI=1S/C27H32N4O5/c28-27(29)31-22-13-11-20(12-14-22)26(34)36-23-15-8-19(9-16-23)10-17-25(33)35-18-24(32)30-21-6-4-2-1-3-5-7-21/h8-17,21H,1-7,18H2,(H,30,32)(H4,28,29,31)/b17-10+. The van der Waals surface area contributed by atoms with Crippen LogP contribution in [0.5, 0.6) is 5.75 Å². The highest BCUT2D eigenvalue weighted by Crippen LogP contribution is 2.18. The largest absolute Gasteiger partial charge is 0.452 e. The average Bonchev–Trinajstić information content (AvgIpc) is 2.84. The fourth-order valence-corrected chi connectivity index (χ4v) is 3.88. The SMILES string of the molecule is N=C(N)Nc1ccc(C(=O)Oc2ccc(/C=C/C(=O)OCC(=O)NC3CCCCCCC3)cc2)cc1. The molecule has 0 heterocycles. The van der Waals surface area contributed by atoms with E-state index in [1.165, 1.54) is 25.3 Å². The van der Waals surface area contributed by atoms with Gasteiger partial charge in [-0.1, -0.05) is 44.2 Å². The highest BCUT2D eigenvalue weighted by atomic mass is 16.5. The molecule has 0 radical (unpaired) electrons. The number of anilines is 1. The molecule has 0 bridgehead atoms. The van der Waals surface area contributed by atoms with Crippen molar-refractivity contribution in [1.29, 1.82) is 5.41 Å². The van der Waals surface area contributed by atoms with E-state index >= 15 is 0 Å². The van der Waals surface area contributed by atoms with Gasteiger partial charge in [-0.3, -0.25) is 10.2 Å². The third-order valence-corrected chi connectivity index (χ3v) is 5.72. The van der Waals surface area contributed by atoms with Crippen LogP contribution >= 0.6 is 0 Å². The summed E-state index contributed by atoms with van der Waals surface area (Å²) in [6.07, 6.45) is 10.6. The smallest absolute Gasteiger partial charge is 0.343 e. The molecule has 1 saturated carbocycles. The molecule has 0 spiro atoms. The maximum atomic E-state index is 12.3. The van der Waals surface area contributed by atoms with E-state index in [1.54, 1.807) is 54.6 Å². The number of esters is 2. The van der Waals surface area contributed by atoms with Crippen LogP contribution in [0.25, 0.3) is 6.08 Å². The fourth-order valence-electron chi connectivity index (χ4n) is 3.88. The monoisotopic (exact) mass is 492 g/mol. The molecule has 0 atom stereocenters. The van der Waals surface area contributed by atoms with E-state index < -0.39 is 11.9 Å². The summed E-state index contributed by atoms with van der Waals surface area (Å²) in [6.45, 7) is -0.305. The number of ether oxygens (including phenoxy) is 2. The van der Waals surface area contributed by atoms with Crippen molar-refractivity contribution in [3.8, 4) is 5.75 Å². The number of carbonyl (C=O) groups is 3. The summed E-state index contributed by atoms with van der Waals surface area (Å²) in [5, 5.41) is 12.8. The Bertz CT molecular complexity index is 1070. The molecule has 1 aliphatic carbocycles. The quantitative estimate of drug-likeness (QED) is 0.143. The highest BCUT2D eigenvalue weighted by Gasteiger charge is 2.15. The number of amides is 1. The van der Waals surface area contributed by atoms with Gasteiger partial charge in [0.25, 0.3) is 5.91 Å². The number of benzene rings is 2. The molecule has 0 aromatic heterocycles. The van der Waals surface area contributed by atoms with Gasteiger partial charge in [-0.05, 0) is 60.9 Å². The minimum atomic E-state index is -0.610. The van der Waals surface area contributed by atoms with E-state index in [-0.39, 0.29) is 24.5 Å². The molecule has 36 heavy (non-hydrogen) atoms. The number of hydrogen-bond acceptors (Lipinski definition) is 6. The van der Waals surface area contributed by atoms with Gasteiger partial charge in [0.1, 0.15) is 5.75 Å². The zero-order chi connectivity index (χ0) is 25.8. The summed E-state index contributed by atoms with van der Waals surface area (Å²) in [4.78, 5) is 36.4. The molecule has 0 saturated heterocycles. The summed E-state index contributed by atoms with van der Waals surface area (Å²) in [5.41, 5.74) is 6.90. The predicted octanol–water partition coefficient (Wildman–Crippen LogP) is 4.00. The minimum Gasteiger partial charge on any atom is -0.452 e. The van der Waals surface area contributed by atoms with Crippen molar-refractivity contribution in [2.45, 2.75) is 51.0 Å². The Morgan fingerprint density at radius 1 is 0.944 bits per heavy atom. The van der Waals surface area contributed by atoms with Gasteiger partial charge in [0.05, 0.1) is 5.56 Å². The van der Waals surface area contributed by atoms with Crippen LogP contribution in [0.4, 0.5) is 5.69 Å². The van der Waals surface area contributed by atoms with Gasteiger partial charge < -0.3 is 25.8 Å². The average molecular weight is 493 g/mol. The molecule has 9 heteroatoms. The van der Waals surface area contributed by atoms with E-state index in [1.807, 2.05) is 0 Å². The molecule has 1 aliphatic rings. The van der Waals surface area contributed by atoms with E-state index in [9.17, 15) is 14.4 Å². The molecule has 1 fully saturated rings. The Kier molecular flexibility index (Phi) is 10.1. The molecule has 2 aromatic carbocycles. The molecule has 5 N–H and O–H groups in total. The first-order chi connectivity index (χ1) is 17.4. The van der Waals surface area contributed by atoms with Gasteiger partial charge in [-0.15, -0.1) is 0 Å². The Morgan fingerprint density at radius 3 is 2.22 bits per heavy atom. The van der Waals surface area contributed by atoms with E-state index in [2.05, 4.69) is 10.6 Å². The molecule has 9 nitrogen and oxygen atoms in total. The highest BCUT2D eigenvalue weighted by molar-refractivity contribution is 5.93. The van der Waals surface area contributed by atoms with Gasteiger partial charge in [0.15, 0.2) is 12.6 Å². The van der Waals surface area contributed by atoms with Crippen LogP contribution in [-0.4, -0.2) is 36.5 Å². The van der Waals surface area contributed by atoms with E-state index in [0.29, 0.717) is 22.6 Å². The Balaban J connectivity index is 1.42. The molecule has 0 unspecified atom stereocenters. The number of carbonyl (C=O) groups excluding carboxylic acids is 3. The zero-order valence-electron chi connectivity index (χ0n) is 20.1. The van der Waals surface area contributed by atoms with Crippen molar-refractivity contribution in [2.75, 3.05) is 11.9 Å². The van der Waals surface area contributed by atoms with Crippen molar-refractivity contribution in [2.24, 2.45) is 5.73 Å². The van der Waals surface area contributed by atoms with Crippen LogP contribution in [-0.2, 0) is 14.3 Å². The van der Waals surface area contributed by atoms with Crippen molar-refractivity contribution < 1.29 is 23.9 Å². The Hall–Kier alpha value is -4.14. The normalized spacial score (nSPS) is 14.3. The number of rotatable bonds is 8. The lowest BCUT2D eigenvalue weighted by Gasteiger charge is -2.20. The minimum absolute atomic E-state index is 0.155. The lowest BCUT2D eigenvalue weighted by molar-refractivity contribution is -0.144. The summed E-state index contributed by atoms with van der Waals surface area (Å²) in [7, 11) is 0. The van der Waals surface area contributed by atoms with Crippen LogP contribution in [0.2, 0.25) is 0 Å². The van der Waals surface area contributed by atoms with Crippen LogP contribution < -0.4 is 21.1 Å². The first-order valence-electron chi connectivity index (χ1n) is 12.1. The molecule has 1 amide bonds. The third-order valence-electron chi connectivity index (χ3n) is 5.72. The van der Waals surface area contributed by atoms with Gasteiger partial charge >= 0.3 is 11.9 Å². The maximum Gasteiger partial charge on any atom is 0.343 e. The molecule has 3 rings (SSSR count). The summed E-state index contributed by atoms with van der Waals surface area (Å²) in [5.74, 6) is -1.27. The van der Waals surface area contributed by atoms with Gasteiger partial charge in [-0.25, -0.2) is 9.59 Å². The fraction of sp³-hybridized carbons (Fsp3) is 0.333. The van der Waals surface area contributed by atoms with Crippen molar-refractivity contribution in [3.05, 3.63) is 65.7 Å². The van der Waals surface area contributed by atoms with Gasteiger partial charge in [0, 0.05) is 17.8 Å². The Labute approximate surface area is 210 Å². The molecule has 190 valence electrons. The first kappa shape index (κ1) is 26.5. The molecule has 0 aliphatic heterocycles. The Morgan fingerprint density at radius 2 is 1.58 bits per heavy atom. The molecular weight excluding hydrogens is 460 g/mol. The number of guanidine groups is 1. The summed E-state index contributed by atoms with van der Waals surface area (Å²) >= 11 is 0. The molecular formula is C27H32N4O5. The van der Waals surface area contributed by atoms with Crippen LogP contribution in [0.15, 0.2) is 54.6 Å². The lowest BCUT2D eigenvalue weighted by atomic mass is 9.97. The van der Waals surface area contributed by atoms with Crippen molar-refractivity contribution >= 4 is 35.6 Å². The van der Waals surface area contributed by atoms with Crippen LogP contribution in [0.1, 0.15) is 60.9 Å². The van der Waals surface area contributed by atoms with Crippen molar-refractivity contribution in [1.82, 2.24) is 5.32 Å². The van der Waals surface area contributed by atoms with Gasteiger partial charge in [-0.2, -0.15) is 0 Å². The number of hydrogen-bond donors (Lipinski definition) is 4. The summed E-state index contributed by atoms with van der Waals surface area (Å²) < 4.78 is 10.4.